The molecule has 94 valence electrons. The third-order valence-electron chi connectivity index (χ3n) is 4.36. The second-order valence-electron chi connectivity index (χ2n) is 5.64. The van der Waals surface area contributed by atoms with Crippen LogP contribution < -0.4 is 5.32 Å². The van der Waals surface area contributed by atoms with E-state index < -0.39 is 0 Å². The van der Waals surface area contributed by atoms with E-state index in [2.05, 4.69) is 24.3 Å². The predicted molar refractivity (Wildman–Crippen MR) is 66.7 cm³/mol. The van der Waals surface area contributed by atoms with E-state index in [0.29, 0.717) is 5.41 Å². The lowest BCUT2D eigenvalue weighted by Gasteiger charge is -2.46. The molecule has 2 aliphatic rings. The van der Waals surface area contributed by atoms with Crippen LogP contribution in [-0.4, -0.2) is 51.3 Å². The summed E-state index contributed by atoms with van der Waals surface area (Å²) >= 11 is 0. The molecule has 0 aromatic rings. The van der Waals surface area contributed by atoms with Gasteiger partial charge >= 0.3 is 0 Å². The van der Waals surface area contributed by atoms with Crippen LogP contribution in [0, 0.1) is 5.41 Å². The van der Waals surface area contributed by atoms with Gasteiger partial charge in [0.1, 0.15) is 0 Å². The van der Waals surface area contributed by atoms with Crippen molar-refractivity contribution in [3.8, 4) is 0 Å². The second kappa shape index (κ2) is 5.48. The summed E-state index contributed by atoms with van der Waals surface area (Å²) < 4.78 is 5.43. The third kappa shape index (κ3) is 2.76. The molecule has 1 saturated carbocycles. The van der Waals surface area contributed by atoms with Crippen LogP contribution in [0.5, 0.6) is 0 Å². The molecule has 16 heavy (non-hydrogen) atoms. The first-order valence-corrected chi connectivity index (χ1v) is 6.68. The molecular formula is C13H26N2O. The molecule has 1 aliphatic carbocycles. The highest BCUT2D eigenvalue weighted by atomic mass is 16.5. The maximum Gasteiger partial charge on any atom is 0.0480 e. The lowest BCUT2D eigenvalue weighted by atomic mass is 9.68. The molecule has 2 rings (SSSR count). The minimum absolute atomic E-state index is 0.571. The fourth-order valence-electron chi connectivity index (χ4n) is 3.23. The first-order chi connectivity index (χ1) is 7.76. The van der Waals surface area contributed by atoms with Crippen molar-refractivity contribution in [2.24, 2.45) is 5.41 Å². The summed E-state index contributed by atoms with van der Waals surface area (Å²) in [5.41, 5.74) is 0.571. The van der Waals surface area contributed by atoms with Crippen molar-refractivity contribution in [2.45, 2.75) is 38.1 Å². The molecule has 0 unspecified atom stereocenters. The summed E-state index contributed by atoms with van der Waals surface area (Å²) in [6, 6.07) is 0.753. The lowest BCUT2D eigenvalue weighted by Crippen LogP contribution is -2.50. The van der Waals surface area contributed by atoms with E-state index in [1.807, 2.05) is 0 Å². The minimum atomic E-state index is 0.571. The van der Waals surface area contributed by atoms with E-state index in [1.54, 1.807) is 0 Å². The average molecular weight is 226 g/mol. The van der Waals surface area contributed by atoms with Gasteiger partial charge in [0.2, 0.25) is 0 Å². The van der Waals surface area contributed by atoms with Crippen LogP contribution in [0.4, 0.5) is 0 Å². The highest BCUT2D eigenvalue weighted by molar-refractivity contribution is 4.92. The molecule has 0 atom stereocenters. The fraction of sp³-hybridized carbons (Fsp3) is 1.00. The first kappa shape index (κ1) is 12.3. The number of rotatable bonds is 5. The standard InChI is InChI=1S/C13H26N2O/c1-14-10-13(6-3-7-13)11-15(2)12-4-8-16-9-5-12/h12,14H,3-11H2,1-2H3. The van der Waals surface area contributed by atoms with Crippen molar-refractivity contribution >= 4 is 0 Å². The van der Waals surface area contributed by atoms with Crippen molar-refractivity contribution in [1.82, 2.24) is 10.2 Å². The molecule has 1 aliphatic heterocycles. The number of hydrogen-bond acceptors (Lipinski definition) is 3. The van der Waals surface area contributed by atoms with Crippen LogP contribution in [0.2, 0.25) is 0 Å². The number of nitrogens with one attached hydrogen (secondary N) is 1. The number of ether oxygens (including phenoxy) is 1. The Balaban J connectivity index is 1.82. The Bertz CT molecular complexity index is 210. The Morgan fingerprint density at radius 2 is 2.00 bits per heavy atom. The van der Waals surface area contributed by atoms with Crippen LogP contribution in [0.25, 0.3) is 0 Å². The van der Waals surface area contributed by atoms with Crippen LogP contribution in [0.3, 0.4) is 0 Å². The third-order valence-corrected chi connectivity index (χ3v) is 4.36. The van der Waals surface area contributed by atoms with Crippen LogP contribution in [0.15, 0.2) is 0 Å². The normalized spacial score (nSPS) is 25.7. The van der Waals surface area contributed by atoms with Gasteiger partial charge in [-0.1, -0.05) is 6.42 Å². The summed E-state index contributed by atoms with van der Waals surface area (Å²) in [6.07, 6.45) is 6.66. The molecule has 0 aromatic heterocycles. The van der Waals surface area contributed by atoms with Gasteiger partial charge in [0.25, 0.3) is 0 Å². The van der Waals surface area contributed by atoms with Gasteiger partial charge < -0.3 is 15.0 Å². The molecule has 0 bridgehead atoms. The zero-order valence-corrected chi connectivity index (χ0v) is 10.8. The van der Waals surface area contributed by atoms with Gasteiger partial charge in [-0.25, -0.2) is 0 Å². The summed E-state index contributed by atoms with van der Waals surface area (Å²) in [5.74, 6) is 0. The van der Waals surface area contributed by atoms with Crippen molar-refractivity contribution < 1.29 is 4.74 Å². The quantitative estimate of drug-likeness (QED) is 0.768. The van der Waals surface area contributed by atoms with Gasteiger partial charge in [-0.3, -0.25) is 0 Å². The van der Waals surface area contributed by atoms with Gasteiger partial charge in [-0.2, -0.15) is 0 Å². The zero-order chi connectivity index (χ0) is 11.4. The smallest absolute Gasteiger partial charge is 0.0480 e. The molecule has 1 saturated heterocycles. The fourth-order valence-corrected chi connectivity index (χ4v) is 3.23. The Labute approximate surface area is 99.5 Å². The van der Waals surface area contributed by atoms with E-state index in [9.17, 15) is 0 Å². The van der Waals surface area contributed by atoms with E-state index in [-0.39, 0.29) is 0 Å². The van der Waals surface area contributed by atoms with Crippen LogP contribution in [0.1, 0.15) is 32.1 Å². The Kier molecular flexibility index (Phi) is 4.22. The SMILES string of the molecule is CNCC1(CN(C)C2CCOCC2)CCC1. The van der Waals surface area contributed by atoms with Gasteiger partial charge in [0.05, 0.1) is 0 Å². The molecule has 1 N–H and O–H groups in total. The van der Waals surface area contributed by atoms with E-state index in [0.717, 1.165) is 19.3 Å². The molecule has 3 nitrogen and oxygen atoms in total. The number of hydrogen-bond donors (Lipinski definition) is 1. The summed E-state index contributed by atoms with van der Waals surface area (Å²) in [6.45, 7) is 4.35. The molecule has 2 fully saturated rings. The summed E-state index contributed by atoms with van der Waals surface area (Å²) in [7, 11) is 4.38. The summed E-state index contributed by atoms with van der Waals surface area (Å²) in [5, 5.41) is 3.37. The maximum absolute atomic E-state index is 5.43. The average Bonchev–Trinajstić information content (AvgIpc) is 2.27. The van der Waals surface area contributed by atoms with Crippen molar-refractivity contribution in [3.63, 3.8) is 0 Å². The first-order valence-electron chi connectivity index (χ1n) is 6.68. The molecule has 1 heterocycles. The molecular weight excluding hydrogens is 200 g/mol. The minimum Gasteiger partial charge on any atom is -0.381 e. The summed E-state index contributed by atoms with van der Waals surface area (Å²) in [4.78, 5) is 2.58. The van der Waals surface area contributed by atoms with Crippen molar-refractivity contribution in [3.05, 3.63) is 0 Å². The van der Waals surface area contributed by atoms with Gasteiger partial charge in [0.15, 0.2) is 0 Å². The molecule has 0 aromatic carbocycles. The Morgan fingerprint density at radius 3 is 2.50 bits per heavy atom. The highest BCUT2D eigenvalue weighted by Gasteiger charge is 2.38. The van der Waals surface area contributed by atoms with E-state index in [4.69, 9.17) is 4.74 Å². The lowest BCUT2D eigenvalue weighted by molar-refractivity contribution is 0.00861. The van der Waals surface area contributed by atoms with Gasteiger partial charge in [-0.05, 0) is 45.2 Å². The van der Waals surface area contributed by atoms with E-state index >= 15 is 0 Å². The Hall–Kier alpha value is -0.120. The molecule has 0 amide bonds. The van der Waals surface area contributed by atoms with Crippen molar-refractivity contribution in [1.29, 1.82) is 0 Å². The van der Waals surface area contributed by atoms with E-state index in [1.165, 1.54) is 45.2 Å². The van der Waals surface area contributed by atoms with Gasteiger partial charge in [0, 0.05) is 32.3 Å². The van der Waals surface area contributed by atoms with Gasteiger partial charge in [-0.15, -0.1) is 0 Å². The Morgan fingerprint density at radius 1 is 1.31 bits per heavy atom. The maximum atomic E-state index is 5.43. The van der Waals surface area contributed by atoms with Crippen LogP contribution in [-0.2, 0) is 4.74 Å². The molecule has 0 radical (unpaired) electrons. The molecule has 0 spiro atoms. The second-order valence-corrected chi connectivity index (χ2v) is 5.64. The largest absolute Gasteiger partial charge is 0.381 e. The monoisotopic (exact) mass is 226 g/mol. The zero-order valence-electron chi connectivity index (χ0n) is 10.8. The highest BCUT2D eigenvalue weighted by Crippen LogP contribution is 2.41. The van der Waals surface area contributed by atoms with Crippen molar-refractivity contribution in [2.75, 3.05) is 40.4 Å². The predicted octanol–water partition coefficient (Wildman–Crippen LogP) is 1.49. The molecule has 3 heteroatoms. The number of nitrogens with zero attached hydrogens (tertiary/aromatic N) is 1. The van der Waals surface area contributed by atoms with Crippen LogP contribution >= 0.6 is 0 Å². The topological polar surface area (TPSA) is 24.5 Å².